The Morgan fingerprint density at radius 2 is 2.11 bits per heavy atom. The Labute approximate surface area is 111 Å². The number of benzene rings is 1. The molecule has 19 heavy (non-hydrogen) atoms. The van der Waals surface area contributed by atoms with Crippen LogP contribution in [0, 0.1) is 12.7 Å². The summed E-state index contributed by atoms with van der Waals surface area (Å²) in [5.41, 5.74) is 2.39. The molecule has 3 nitrogen and oxygen atoms in total. The molecule has 0 aliphatic rings. The van der Waals surface area contributed by atoms with Gasteiger partial charge in [-0.3, -0.25) is 9.78 Å². The fourth-order valence-corrected chi connectivity index (χ4v) is 1.86. The third kappa shape index (κ3) is 3.37. The average molecular weight is 258 g/mol. The first-order chi connectivity index (χ1) is 9.18. The zero-order valence-corrected chi connectivity index (χ0v) is 10.7. The van der Waals surface area contributed by atoms with E-state index in [1.54, 1.807) is 0 Å². The molecule has 0 fully saturated rings. The summed E-state index contributed by atoms with van der Waals surface area (Å²) in [5.74, 6) is -1.01. The maximum atomic E-state index is 13.3. The van der Waals surface area contributed by atoms with E-state index >= 15 is 0 Å². The summed E-state index contributed by atoms with van der Waals surface area (Å²) < 4.78 is 13.3. The van der Waals surface area contributed by atoms with E-state index in [-0.39, 0.29) is 5.56 Å². The SMILES string of the molecule is Cc1ccccc1CCNC(=O)c1ccncc1F. The van der Waals surface area contributed by atoms with Gasteiger partial charge in [0.15, 0.2) is 5.82 Å². The minimum Gasteiger partial charge on any atom is -0.352 e. The predicted molar refractivity (Wildman–Crippen MR) is 71.4 cm³/mol. The summed E-state index contributed by atoms with van der Waals surface area (Å²) in [5, 5.41) is 2.71. The van der Waals surface area contributed by atoms with E-state index in [2.05, 4.69) is 10.3 Å². The number of nitrogens with zero attached hydrogens (tertiary/aromatic N) is 1. The fraction of sp³-hybridized carbons (Fsp3) is 0.200. The molecule has 1 N–H and O–H groups in total. The number of nitrogens with one attached hydrogen (secondary N) is 1. The van der Waals surface area contributed by atoms with Gasteiger partial charge in [-0.15, -0.1) is 0 Å². The van der Waals surface area contributed by atoms with Gasteiger partial charge in [-0.2, -0.15) is 0 Å². The largest absolute Gasteiger partial charge is 0.352 e. The Kier molecular flexibility index (Phi) is 4.23. The normalized spacial score (nSPS) is 10.2. The highest BCUT2D eigenvalue weighted by molar-refractivity contribution is 5.94. The van der Waals surface area contributed by atoms with Crippen molar-refractivity contribution in [2.75, 3.05) is 6.54 Å². The lowest BCUT2D eigenvalue weighted by molar-refractivity contribution is 0.0950. The van der Waals surface area contributed by atoms with Crippen LogP contribution >= 0.6 is 0 Å². The lowest BCUT2D eigenvalue weighted by Gasteiger charge is -2.07. The fourth-order valence-electron chi connectivity index (χ4n) is 1.86. The third-order valence-corrected chi connectivity index (χ3v) is 2.96. The third-order valence-electron chi connectivity index (χ3n) is 2.96. The van der Waals surface area contributed by atoms with Crippen LogP contribution in [0.15, 0.2) is 42.7 Å². The van der Waals surface area contributed by atoms with E-state index in [1.807, 2.05) is 31.2 Å². The van der Waals surface area contributed by atoms with E-state index in [4.69, 9.17) is 0 Å². The van der Waals surface area contributed by atoms with Crippen molar-refractivity contribution in [3.8, 4) is 0 Å². The first-order valence-electron chi connectivity index (χ1n) is 6.10. The van der Waals surface area contributed by atoms with Crippen LogP contribution in [0.2, 0.25) is 0 Å². The van der Waals surface area contributed by atoms with Crippen LogP contribution in [-0.2, 0) is 6.42 Å². The van der Waals surface area contributed by atoms with Gasteiger partial charge in [-0.25, -0.2) is 4.39 Å². The predicted octanol–water partition coefficient (Wildman–Crippen LogP) is 2.50. The van der Waals surface area contributed by atoms with E-state index in [0.717, 1.165) is 12.6 Å². The molecule has 0 saturated carbocycles. The molecule has 98 valence electrons. The lowest BCUT2D eigenvalue weighted by atomic mass is 10.1. The number of carbonyl (C=O) groups excluding carboxylic acids is 1. The van der Waals surface area contributed by atoms with E-state index in [1.165, 1.54) is 23.4 Å². The lowest BCUT2D eigenvalue weighted by Crippen LogP contribution is -2.26. The van der Waals surface area contributed by atoms with Crippen molar-refractivity contribution in [1.82, 2.24) is 10.3 Å². The van der Waals surface area contributed by atoms with Crippen LogP contribution in [0.5, 0.6) is 0 Å². The summed E-state index contributed by atoms with van der Waals surface area (Å²) in [6, 6.07) is 9.36. The first kappa shape index (κ1) is 13.2. The smallest absolute Gasteiger partial charge is 0.254 e. The molecule has 1 amide bonds. The minimum atomic E-state index is -0.601. The summed E-state index contributed by atoms with van der Waals surface area (Å²) in [6.45, 7) is 2.51. The van der Waals surface area contributed by atoms with Crippen molar-refractivity contribution in [3.63, 3.8) is 0 Å². The summed E-state index contributed by atoms with van der Waals surface area (Å²) in [7, 11) is 0. The Morgan fingerprint density at radius 3 is 2.84 bits per heavy atom. The highest BCUT2D eigenvalue weighted by Crippen LogP contribution is 2.07. The Bertz CT molecular complexity index is 584. The van der Waals surface area contributed by atoms with Gasteiger partial charge in [0.1, 0.15) is 0 Å². The van der Waals surface area contributed by atoms with Gasteiger partial charge in [-0.1, -0.05) is 24.3 Å². The number of amides is 1. The molecule has 0 radical (unpaired) electrons. The van der Waals surface area contributed by atoms with Crippen molar-refractivity contribution in [2.24, 2.45) is 0 Å². The van der Waals surface area contributed by atoms with Gasteiger partial charge in [0.2, 0.25) is 0 Å². The molecule has 1 aromatic heterocycles. The average Bonchev–Trinajstić information content (AvgIpc) is 2.41. The molecular formula is C15H15FN2O. The number of aromatic nitrogens is 1. The van der Waals surface area contributed by atoms with Crippen molar-refractivity contribution in [1.29, 1.82) is 0 Å². The number of aryl methyl sites for hydroxylation is 1. The molecule has 0 aliphatic heterocycles. The quantitative estimate of drug-likeness (QED) is 0.915. The van der Waals surface area contributed by atoms with Gasteiger partial charge in [0.25, 0.3) is 5.91 Å². The van der Waals surface area contributed by atoms with E-state index in [9.17, 15) is 9.18 Å². The van der Waals surface area contributed by atoms with Crippen LogP contribution in [0.1, 0.15) is 21.5 Å². The number of rotatable bonds is 4. The van der Waals surface area contributed by atoms with Crippen LogP contribution < -0.4 is 5.32 Å². The zero-order valence-electron chi connectivity index (χ0n) is 10.7. The topological polar surface area (TPSA) is 42.0 Å². The molecule has 4 heteroatoms. The number of hydrogen-bond acceptors (Lipinski definition) is 2. The highest BCUT2D eigenvalue weighted by Gasteiger charge is 2.10. The monoisotopic (exact) mass is 258 g/mol. The van der Waals surface area contributed by atoms with E-state index < -0.39 is 11.7 Å². The van der Waals surface area contributed by atoms with E-state index in [0.29, 0.717) is 6.54 Å². The second-order valence-electron chi connectivity index (χ2n) is 4.29. The van der Waals surface area contributed by atoms with Crippen molar-refractivity contribution in [2.45, 2.75) is 13.3 Å². The molecule has 0 bridgehead atoms. The zero-order chi connectivity index (χ0) is 13.7. The molecule has 0 unspecified atom stereocenters. The molecular weight excluding hydrogens is 243 g/mol. The molecule has 2 aromatic rings. The second kappa shape index (κ2) is 6.09. The second-order valence-corrected chi connectivity index (χ2v) is 4.29. The molecule has 0 saturated heterocycles. The van der Waals surface area contributed by atoms with Crippen LogP contribution in [0.25, 0.3) is 0 Å². The maximum absolute atomic E-state index is 13.3. The molecule has 1 aromatic carbocycles. The minimum absolute atomic E-state index is 0.0276. The van der Waals surface area contributed by atoms with Crippen LogP contribution in [-0.4, -0.2) is 17.4 Å². The molecule has 2 rings (SSSR count). The van der Waals surface area contributed by atoms with Crippen molar-refractivity contribution in [3.05, 3.63) is 65.2 Å². The van der Waals surface area contributed by atoms with Gasteiger partial charge in [-0.05, 0) is 30.5 Å². The van der Waals surface area contributed by atoms with Gasteiger partial charge in [0, 0.05) is 12.7 Å². The first-order valence-corrected chi connectivity index (χ1v) is 6.10. The number of hydrogen-bond donors (Lipinski definition) is 1. The van der Waals surface area contributed by atoms with Crippen LogP contribution in [0.3, 0.4) is 0 Å². The van der Waals surface area contributed by atoms with Crippen molar-refractivity contribution >= 4 is 5.91 Å². The Morgan fingerprint density at radius 1 is 1.32 bits per heavy atom. The molecule has 0 spiro atoms. The number of carbonyl (C=O) groups is 1. The summed E-state index contributed by atoms with van der Waals surface area (Å²) in [4.78, 5) is 15.4. The molecule has 0 aliphatic carbocycles. The highest BCUT2D eigenvalue weighted by atomic mass is 19.1. The Hall–Kier alpha value is -2.23. The number of halogens is 1. The van der Waals surface area contributed by atoms with Crippen LogP contribution in [0.4, 0.5) is 4.39 Å². The Balaban J connectivity index is 1.92. The van der Waals surface area contributed by atoms with Gasteiger partial charge < -0.3 is 5.32 Å². The van der Waals surface area contributed by atoms with Crippen molar-refractivity contribution < 1.29 is 9.18 Å². The molecule has 1 heterocycles. The summed E-state index contributed by atoms with van der Waals surface area (Å²) in [6.07, 6.45) is 3.17. The standard InChI is InChI=1S/C15H15FN2O/c1-11-4-2-3-5-12(11)6-9-18-15(19)13-7-8-17-10-14(13)16/h2-5,7-8,10H,6,9H2,1H3,(H,18,19). The summed E-state index contributed by atoms with van der Waals surface area (Å²) >= 11 is 0. The number of pyridine rings is 1. The maximum Gasteiger partial charge on any atom is 0.254 e. The molecule has 0 atom stereocenters. The van der Waals surface area contributed by atoms with Gasteiger partial charge >= 0.3 is 0 Å². The van der Waals surface area contributed by atoms with Gasteiger partial charge in [0.05, 0.1) is 11.8 Å².